The highest BCUT2D eigenvalue weighted by molar-refractivity contribution is 5.26. The van der Waals surface area contributed by atoms with E-state index in [-0.39, 0.29) is 23.7 Å². The average molecular weight is 319 g/mol. The number of nitrogens with one attached hydrogen (secondary N) is 1. The molecule has 0 heterocycles. The third-order valence-corrected chi connectivity index (χ3v) is 8.42. The SMILES string of the molecule is CN[C@H]1[C@H](O)C[C@H]2[C@@H]3CC=C4C[C@@H](O)CC[C@]4(C)[C@H]3CC[C@@]21C. The van der Waals surface area contributed by atoms with Gasteiger partial charge in [-0.05, 0) is 80.6 Å². The third kappa shape index (κ3) is 2.12. The zero-order valence-electron chi connectivity index (χ0n) is 14.9. The standard InChI is InChI=1S/C20H33NO2/c1-19-8-6-13(22)10-12(19)4-5-14-15(19)7-9-20(2)16(14)11-17(23)18(20)21-3/h4,13-18,21-23H,5-11H2,1-3H3/t13-,14+,15-,16-,17+,18-,19-,20-/m0/s1. The molecule has 130 valence electrons. The van der Waals surface area contributed by atoms with E-state index in [9.17, 15) is 10.2 Å². The third-order valence-electron chi connectivity index (χ3n) is 8.42. The van der Waals surface area contributed by atoms with E-state index in [0.717, 1.165) is 38.0 Å². The van der Waals surface area contributed by atoms with Gasteiger partial charge in [-0.25, -0.2) is 0 Å². The van der Waals surface area contributed by atoms with Crippen LogP contribution in [0.4, 0.5) is 0 Å². The summed E-state index contributed by atoms with van der Waals surface area (Å²) in [5.74, 6) is 2.09. The average Bonchev–Trinajstić information content (AvgIpc) is 2.77. The predicted octanol–water partition coefficient (Wildman–Crippen LogP) is 2.87. The lowest BCUT2D eigenvalue weighted by molar-refractivity contribution is -0.0432. The monoisotopic (exact) mass is 319 g/mol. The predicted molar refractivity (Wildman–Crippen MR) is 91.9 cm³/mol. The molecule has 0 radical (unpaired) electrons. The van der Waals surface area contributed by atoms with Crippen LogP contribution in [0.5, 0.6) is 0 Å². The van der Waals surface area contributed by atoms with E-state index >= 15 is 0 Å². The fraction of sp³-hybridized carbons (Fsp3) is 0.900. The van der Waals surface area contributed by atoms with Gasteiger partial charge < -0.3 is 15.5 Å². The van der Waals surface area contributed by atoms with Crippen LogP contribution >= 0.6 is 0 Å². The maximum absolute atomic E-state index is 10.6. The van der Waals surface area contributed by atoms with Gasteiger partial charge in [-0.3, -0.25) is 0 Å². The summed E-state index contributed by atoms with van der Waals surface area (Å²) in [5, 5.41) is 24.1. The topological polar surface area (TPSA) is 52.5 Å². The Labute approximate surface area is 140 Å². The molecule has 3 heteroatoms. The molecule has 4 rings (SSSR count). The molecule has 3 nitrogen and oxygen atoms in total. The van der Waals surface area contributed by atoms with E-state index in [1.54, 1.807) is 0 Å². The van der Waals surface area contributed by atoms with Crippen LogP contribution in [0, 0.1) is 28.6 Å². The maximum atomic E-state index is 10.6. The Morgan fingerprint density at radius 3 is 2.65 bits per heavy atom. The number of fused-ring (bicyclic) bond motifs is 5. The molecule has 0 aliphatic heterocycles. The van der Waals surface area contributed by atoms with Crippen molar-refractivity contribution in [3.8, 4) is 0 Å². The van der Waals surface area contributed by atoms with E-state index in [1.165, 1.54) is 18.4 Å². The second-order valence-electron chi connectivity index (χ2n) is 9.27. The van der Waals surface area contributed by atoms with Crippen molar-refractivity contribution in [2.75, 3.05) is 7.05 Å². The minimum Gasteiger partial charge on any atom is -0.393 e. The van der Waals surface area contributed by atoms with Gasteiger partial charge in [0.15, 0.2) is 0 Å². The number of aliphatic hydroxyl groups is 2. The Balaban J connectivity index is 1.67. The molecule has 4 aliphatic rings. The van der Waals surface area contributed by atoms with Crippen molar-refractivity contribution in [3.05, 3.63) is 11.6 Å². The van der Waals surface area contributed by atoms with E-state index in [0.29, 0.717) is 17.3 Å². The fourth-order valence-electron chi connectivity index (χ4n) is 7.18. The second kappa shape index (κ2) is 5.31. The Bertz CT molecular complexity index is 518. The van der Waals surface area contributed by atoms with Gasteiger partial charge in [-0.2, -0.15) is 0 Å². The zero-order chi connectivity index (χ0) is 16.4. The highest BCUT2D eigenvalue weighted by Crippen LogP contribution is 2.64. The van der Waals surface area contributed by atoms with Gasteiger partial charge in [0.25, 0.3) is 0 Å². The first-order valence-corrected chi connectivity index (χ1v) is 9.63. The summed E-state index contributed by atoms with van der Waals surface area (Å²) >= 11 is 0. The van der Waals surface area contributed by atoms with E-state index < -0.39 is 0 Å². The summed E-state index contributed by atoms with van der Waals surface area (Å²) in [6, 6.07) is 0.250. The molecule has 0 aromatic rings. The Morgan fingerprint density at radius 2 is 1.91 bits per heavy atom. The maximum Gasteiger partial charge on any atom is 0.0701 e. The lowest BCUT2D eigenvalue weighted by atomic mass is 9.48. The quantitative estimate of drug-likeness (QED) is 0.652. The van der Waals surface area contributed by atoms with E-state index in [2.05, 4.69) is 25.2 Å². The molecule has 0 bridgehead atoms. The molecule has 0 saturated heterocycles. The van der Waals surface area contributed by atoms with Gasteiger partial charge in [0.2, 0.25) is 0 Å². The molecular weight excluding hydrogens is 286 g/mol. The molecule has 0 unspecified atom stereocenters. The van der Waals surface area contributed by atoms with Crippen molar-refractivity contribution in [1.29, 1.82) is 0 Å². The first-order valence-electron chi connectivity index (χ1n) is 9.63. The van der Waals surface area contributed by atoms with Gasteiger partial charge in [0, 0.05) is 6.04 Å². The van der Waals surface area contributed by atoms with Crippen molar-refractivity contribution in [3.63, 3.8) is 0 Å². The smallest absolute Gasteiger partial charge is 0.0701 e. The molecular formula is C20H33NO2. The molecule has 4 aliphatic carbocycles. The molecule has 0 aromatic carbocycles. The second-order valence-corrected chi connectivity index (χ2v) is 9.27. The number of hydrogen-bond acceptors (Lipinski definition) is 3. The van der Waals surface area contributed by atoms with E-state index in [1.807, 2.05) is 7.05 Å². The van der Waals surface area contributed by atoms with Crippen LogP contribution in [0.15, 0.2) is 11.6 Å². The van der Waals surface area contributed by atoms with Crippen LogP contribution in [-0.4, -0.2) is 35.5 Å². The number of rotatable bonds is 1. The molecule has 0 spiro atoms. The van der Waals surface area contributed by atoms with Gasteiger partial charge in [-0.15, -0.1) is 0 Å². The van der Waals surface area contributed by atoms with Crippen molar-refractivity contribution < 1.29 is 10.2 Å². The summed E-state index contributed by atoms with van der Waals surface area (Å²) in [7, 11) is 2.01. The van der Waals surface area contributed by atoms with Crippen LogP contribution in [0.25, 0.3) is 0 Å². The number of hydrogen-bond donors (Lipinski definition) is 3. The molecule has 0 amide bonds. The number of aliphatic hydroxyl groups excluding tert-OH is 2. The number of likely N-dealkylation sites (N-methyl/N-ethyl adjacent to an activating group) is 1. The van der Waals surface area contributed by atoms with Crippen molar-refractivity contribution in [2.45, 2.75) is 77.0 Å². The molecule has 8 atom stereocenters. The normalized spacial score (nSPS) is 55.6. The fourth-order valence-corrected chi connectivity index (χ4v) is 7.18. The van der Waals surface area contributed by atoms with Crippen LogP contribution in [0.3, 0.4) is 0 Å². The first-order chi connectivity index (χ1) is 10.9. The van der Waals surface area contributed by atoms with Crippen LogP contribution in [-0.2, 0) is 0 Å². The molecule has 3 N–H and O–H groups in total. The summed E-state index contributed by atoms with van der Waals surface area (Å²) < 4.78 is 0. The highest BCUT2D eigenvalue weighted by atomic mass is 16.3. The van der Waals surface area contributed by atoms with Gasteiger partial charge in [-0.1, -0.05) is 25.5 Å². The molecule has 0 aromatic heterocycles. The molecule has 3 saturated carbocycles. The summed E-state index contributed by atoms with van der Waals surface area (Å²) in [4.78, 5) is 0. The summed E-state index contributed by atoms with van der Waals surface area (Å²) in [6.45, 7) is 4.88. The number of allylic oxidation sites excluding steroid dienone is 1. The van der Waals surface area contributed by atoms with Crippen LogP contribution < -0.4 is 5.32 Å². The minimum absolute atomic E-state index is 0.123. The van der Waals surface area contributed by atoms with Gasteiger partial charge in [0.05, 0.1) is 12.2 Å². The lowest BCUT2D eigenvalue weighted by Gasteiger charge is -2.57. The van der Waals surface area contributed by atoms with Gasteiger partial charge in [0.1, 0.15) is 0 Å². The van der Waals surface area contributed by atoms with Crippen LogP contribution in [0.1, 0.15) is 58.8 Å². The summed E-state index contributed by atoms with van der Waals surface area (Å²) in [5.41, 5.74) is 2.07. The van der Waals surface area contributed by atoms with Crippen molar-refractivity contribution in [2.24, 2.45) is 28.6 Å². The first kappa shape index (κ1) is 16.1. The largest absolute Gasteiger partial charge is 0.393 e. The Hall–Kier alpha value is -0.380. The molecule has 3 fully saturated rings. The Kier molecular flexibility index (Phi) is 3.72. The zero-order valence-corrected chi connectivity index (χ0v) is 14.9. The highest BCUT2D eigenvalue weighted by Gasteiger charge is 2.60. The lowest BCUT2D eigenvalue weighted by Crippen LogP contribution is -2.53. The Morgan fingerprint density at radius 1 is 1.13 bits per heavy atom. The van der Waals surface area contributed by atoms with Crippen molar-refractivity contribution >= 4 is 0 Å². The minimum atomic E-state index is -0.194. The molecule has 23 heavy (non-hydrogen) atoms. The van der Waals surface area contributed by atoms with Crippen LogP contribution in [0.2, 0.25) is 0 Å². The van der Waals surface area contributed by atoms with Gasteiger partial charge >= 0.3 is 0 Å². The van der Waals surface area contributed by atoms with Crippen molar-refractivity contribution in [1.82, 2.24) is 5.32 Å². The summed E-state index contributed by atoms with van der Waals surface area (Å²) in [6.07, 6.45) is 9.78. The van der Waals surface area contributed by atoms with E-state index in [4.69, 9.17) is 0 Å².